The molecule has 3 aromatic rings. The maximum atomic E-state index is 6.22. The van der Waals surface area contributed by atoms with Crippen molar-refractivity contribution in [1.29, 1.82) is 0 Å². The second-order valence-corrected chi connectivity index (χ2v) is 5.81. The Bertz CT molecular complexity index is 796. The smallest absolute Gasteiger partial charge is 0.294 e. The van der Waals surface area contributed by atoms with E-state index in [1.807, 2.05) is 36.4 Å². The van der Waals surface area contributed by atoms with Gasteiger partial charge in [-0.2, -0.15) is 4.98 Å². The number of benzene rings is 1. The van der Waals surface area contributed by atoms with Gasteiger partial charge in [0.05, 0.1) is 11.8 Å². The van der Waals surface area contributed by atoms with Crippen LogP contribution in [0.1, 0.15) is 30.7 Å². The molecule has 1 aromatic carbocycles. The first-order valence-electron chi connectivity index (χ1n) is 7.62. The number of nitrogens with zero attached hydrogens (tertiary/aromatic N) is 2. The van der Waals surface area contributed by atoms with Crippen LogP contribution in [0.15, 0.2) is 51.6 Å². The van der Waals surface area contributed by atoms with Crippen LogP contribution < -0.4 is 10.5 Å². The molecule has 1 fully saturated rings. The lowest BCUT2D eigenvalue weighted by Crippen LogP contribution is -2.44. The predicted molar refractivity (Wildman–Crippen MR) is 89.7 cm³/mol. The molecular formula is C17H18ClN3O3. The van der Waals surface area contributed by atoms with Gasteiger partial charge in [0.25, 0.3) is 5.89 Å². The van der Waals surface area contributed by atoms with Crippen molar-refractivity contribution >= 4 is 12.4 Å². The summed E-state index contributed by atoms with van der Waals surface area (Å²) < 4.78 is 16.6. The van der Waals surface area contributed by atoms with Crippen molar-refractivity contribution in [3.63, 3.8) is 0 Å². The van der Waals surface area contributed by atoms with Crippen molar-refractivity contribution in [1.82, 2.24) is 10.1 Å². The molecule has 0 bridgehead atoms. The second kappa shape index (κ2) is 6.67. The molecule has 126 valence electrons. The first kappa shape index (κ1) is 16.5. The highest BCUT2D eigenvalue weighted by Gasteiger charge is 2.39. The van der Waals surface area contributed by atoms with Gasteiger partial charge in [0, 0.05) is 5.56 Å². The fourth-order valence-corrected chi connectivity index (χ4v) is 2.61. The van der Waals surface area contributed by atoms with E-state index in [1.165, 1.54) is 0 Å². The monoisotopic (exact) mass is 347 g/mol. The van der Waals surface area contributed by atoms with Gasteiger partial charge in [-0.15, -0.1) is 12.4 Å². The molecule has 1 aliphatic rings. The Morgan fingerprint density at radius 3 is 2.67 bits per heavy atom. The zero-order valence-electron chi connectivity index (χ0n) is 13.0. The largest absolute Gasteiger partial charge is 0.489 e. The molecule has 2 aromatic heterocycles. The van der Waals surface area contributed by atoms with Gasteiger partial charge in [-0.3, -0.25) is 0 Å². The van der Waals surface area contributed by atoms with Crippen LogP contribution in [0.5, 0.6) is 5.75 Å². The van der Waals surface area contributed by atoms with E-state index in [4.69, 9.17) is 19.4 Å². The predicted octanol–water partition coefficient (Wildman–Crippen LogP) is 3.67. The minimum atomic E-state index is -0.449. The molecule has 0 atom stereocenters. The number of ether oxygens (including phenoxy) is 1. The van der Waals surface area contributed by atoms with Crippen molar-refractivity contribution in [2.24, 2.45) is 5.73 Å². The van der Waals surface area contributed by atoms with E-state index in [-0.39, 0.29) is 12.4 Å². The van der Waals surface area contributed by atoms with Crippen molar-refractivity contribution in [2.75, 3.05) is 0 Å². The van der Waals surface area contributed by atoms with E-state index in [1.54, 1.807) is 6.26 Å². The zero-order valence-corrected chi connectivity index (χ0v) is 13.8. The molecule has 0 saturated heterocycles. The van der Waals surface area contributed by atoms with Crippen molar-refractivity contribution in [2.45, 2.75) is 31.4 Å². The molecule has 4 rings (SSSR count). The molecule has 1 aliphatic carbocycles. The Balaban J connectivity index is 0.00000169. The summed E-state index contributed by atoms with van der Waals surface area (Å²) in [6.45, 7) is 0.362. The number of nitrogens with two attached hydrogens (primary N) is 1. The van der Waals surface area contributed by atoms with Gasteiger partial charge in [0.2, 0.25) is 0 Å². The van der Waals surface area contributed by atoms with Crippen molar-refractivity contribution in [3.8, 4) is 17.4 Å². The highest BCUT2D eigenvalue weighted by Crippen LogP contribution is 2.38. The van der Waals surface area contributed by atoms with Gasteiger partial charge in [0.15, 0.2) is 11.6 Å². The van der Waals surface area contributed by atoms with Gasteiger partial charge >= 0.3 is 0 Å². The number of furan rings is 1. The lowest BCUT2D eigenvalue weighted by Gasteiger charge is -2.34. The van der Waals surface area contributed by atoms with Gasteiger partial charge in [-0.25, -0.2) is 0 Å². The third-order valence-electron chi connectivity index (χ3n) is 4.20. The lowest BCUT2D eigenvalue weighted by molar-refractivity contribution is 0.229. The minimum Gasteiger partial charge on any atom is -0.489 e. The highest BCUT2D eigenvalue weighted by atomic mass is 35.5. The van der Waals surface area contributed by atoms with E-state index in [9.17, 15) is 0 Å². The summed E-state index contributed by atoms with van der Waals surface area (Å²) in [6.07, 6.45) is 4.45. The van der Waals surface area contributed by atoms with Crippen LogP contribution in [0.4, 0.5) is 0 Å². The van der Waals surface area contributed by atoms with Gasteiger partial charge in [0.1, 0.15) is 12.4 Å². The molecule has 0 spiro atoms. The third-order valence-corrected chi connectivity index (χ3v) is 4.20. The molecule has 6 nitrogen and oxygen atoms in total. The number of aromatic nitrogens is 2. The van der Waals surface area contributed by atoms with Gasteiger partial charge in [-0.05, 0) is 37.5 Å². The number of hydrogen-bond acceptors (Lipinski definition) is 6. The van der Waals surface area contributed by atoms with E-state index >= 15 is 0 Å². The lowest BCUT2D eigenvalue weighted by atomic mass is 9.77. The van der Waals surface area contributed by atoms with E-state index < -0.39 is 5.54 Å². The van der Waals surface area contributed by atoms with E-state index in [0.29, 0.717) is 24.1 Å². The number of halogens is 1. The summed E-state index contributed by atoms with van der Waals surface area (Å²) in [6, 6.07) is 11.4. The van der Waals surface area contributed by atoms with Crippen LogP contribution in [-0.2, 0) is 12.1 Å². The quantitative estimate of drug-likeness (QED) is 0.757. The second-order valence-electron chi connectivity index (χ2n) is 5.81. The number of rotatable bonds is 5. The molecule has 2 heterocycles. The van der Waals surface area contributed by atoms with E-state index in [2.05, 4.69) is 10.1 Å². The molecule has 7 heteroatoms. The summed E-state index contributed by atoms with van der Waals surface area (Å²) in [5.41, 5.74) is 6.62. The minimum absolute atomic E-state index is 0. The van der Waals surface area contributed by atoms with Crippen LogP contribution >= 0.6 is 12.4 Å². The zero-order chi connectivity index (χ0) is 15.7. The first-order chi connectivity index (χ1) is 11.2. The summed E-state index contributed by atoms with van der Waals surface area (Å²) in [5, 5.41) is 4.01. The molecular weight excluding hydrogens is 330 g/mol. The fraction of sp³-hybridized carbons (Fsp3) is 0.294. The Morgan fingerprint density at radius 1 is 1.17 bits per heavy atom. The molecule has 24 heavy (non-hydrogen) atoms. The van der Waals surface area contributed by atoms with Gasteiger partial charge in [-0.1, -0.05) is 23.4 Å². The standard InChI is InChI=1S/C17H17N3O3.ClH/c18-17(8-4-9-17)16-19-15(23-20-16)14-12(7-10-21-14)11-22-13-5-2-1-3-6-13;/h1-3,5-7,10H,4,8-9,11,18H2;1H. The molecule has 1 saturated carbocycles. The van der Waals surface area contributed by atoms with Crippen LogP contribution in [0.2, 0.25) is 0 Å². The Labute approximate surface area is 145 Å². The average Bonchev–Trinajstić information content (AvgIpc) is 3.20. The summed E-state index contributed by atoms with van der Waals surface area (Å²) >= 11 is 0. The summed E-state index contributed by atoms with van der Waals surface area (Å²) in [7, 11) is 0. The third kappa shape index (κ3) is 3.02. The Hall–Kier alpha value is -2.31. The van der Waals surface area contributed by atoms with Crippen molar-refractivity contribution < 1.29 is 13.7 Å². The van der Waals surface area contributed by atoms with Crippen molar-refractivity contribution in [3.05, 3.63) is 54.0 Å². The molecule has 0 radical (unpaired) electrons. The van der Waals surface area contributed by atoms with Crippen LogP contribution in [0.25, 0.3) is 11.7 Å². The first-order valence-corrected chi connectivity index (χ1v) is 7.62. The molecule has 2 N–H and O–H groups in total. The average molecular weight is 348 g/mol. The van der Waals surface area contributed by atoms with Crippen LogP contribution in [-0.4, -0.2) is 10.1 Å². The normalized spacial score (nSPS) is 15.4. The Morgan fingerprint density at radius 2 is 1.96 bits per heavy atom. The number of para-hydroxylation sites is 1. The van der Waals surface area contributed by atoms with E-state index in [0.717, 1.165) is 30.6 Å². The van der Waals surface area contributed by atoms with Crippen LogP contribution in [0, 0.1) is 0 Å². The SMILES string of the molecule is Cl.NC1(c2noc(-c3occc3COc3ccccc3)n2)CCC1. The maximum Gasteiger partial charge on any atom is 0.294 e. The highest BCUT2D eigenvalue weighted by molar-refractivity contribution is 5.85. The molecule has 0 amide bonds. The number of hydrogen-bond donors (Lipinski definition) is 1. The van der Waals surface area contributed by atoms with Crippen LogP contribution in [0.3, 0.4) is 0 Å². The van der Waals surface area contributed by atoms with Gasteiger partial charge < -0.3 is 19.4 Å². The molecule has 0 aliphatic heterocycles. The Kier molecular flexibility index (Phi) is 4.59. The summed E-state index contributed by atoms with van der Waals surface area (Å²) in [5.74, 6) is 2.21. The fourth-order valence-electron chi connectivity index (χ4n) is 2.61. The summed E-state index contributed by atoms with van der Waals surface area (Å²) in [4.78, 5) is 4.41. The topological polar surface area (TPSA) is 87.3 Å². The maximum absolute atomic E-state index is 6.22. The molecule has 0 unspecified atom stereocenters.